The fourth-order valence-corrected chi connectivity index (χ4v) is 3.25. The van der Waals surface area contributed by atoms with Crippen molar-refractivity contribution < 1.29 is 4.79 Å². The molecule has 0 aliphatic heterocycles. The molecule has 0 atom stereocenters. The average molecular weight is 337 g/mol. The van der Waals surface area contributed by atoms with E-state index in [1.54, 1.807) is 0 Å². The lowest BCUT2D eigenvalue weighted by molar-refractivity contribution is -0.118. The van der Waals surface area contributed by atoms with Crippen molar-refractivity contribution in [1.29, 1.82) is 0 Å². The number of hydrogen-bond donors (Lipinski definition) is 2. The van der Waals surface area contributed by atoms with Crippen LogP contribution in [0.15, 0.2) is 16.8 Å². The summed E-state index contributed by atoms with van der Waals surface area (Å²) in [6, 6.07) is 0. The Bertz CT molecular complexity index is 574. The summed E-state index contributed by atoms with van der Waals surface area (Å²) >= 11 is 1.32. The Morgan fingerprint density at radius 3 is 2.78 bits per heavy atom. The Kier molecular flexibility index (Phi) is 6.10. The van der Waals surface area contributed by atoms with Crippen molar-refractivity contribution in [2.24, 2.45) is 0 Å². The molecule has 128 valence electrons. The summed E-state index contributed by atoms with van der Waals surface area (Å²) in [6.07, 6.45) is 8.20. The molecule has 3 N–H and O–H groups in total. The Balaban J connectivity index is 1.74. The SMILES string of the molecule is CC(C)(C)c1nnc(SCC(=O)NCCC2=CCCCC2)n1N. The van der Waals surface area contributed by atoms with Crippen LogP contribution in [0.5, 0.6) is 0 Å². The van der Waals surface area contributed by atoms with E-state index in [1.807, 2.05) is 20.8 Å². The fraction of sp³-hybridized carbons (Fsp3) is 0.688. The molecule has 7 heteroatoms. The molecule has 0 fully saturated rings. The first-order chi connectivity index (χ1) is 10.9. The van der Waals surface area contributed by atoms with Crippen LogP contribution < -0.4 is 11.2 Å². The lowest BCUT2D eigenvalue weighted by Gasteiger charge is -2.16. The molecule has 0 bridgehead atoms. The number of aromatic nitrogens is 3. The standard InChI is InChI=1S/C16H27N5OS/c1-16(2,3)14-19-20-15(21(14)17)23-11-13(22)18-10-9-12-7-5-4-6-8-12/h7H,4-6,8-11,17H2,1-3H3,(H,18,22). The lowest BCUT2D eigenvalue weighted by atomic mass is 9.96. The molecule has 0 aromatic carbocycles. The predicted molar refractivity (Wildman–Crippen MR) is 93.8 cm³/mol. The third kappa shape index (κ3) is 5.27. The maximum absolute atomic E-state index is 11.9. The molecule has 1 aromatic heterocycles. The van der Waals surface area contributed by atoms with Crippen LogP contribution in [0.4, 0.5) is 0 Å². The minimum atomic E-state index is -0.170. The number of hydrogen-bond acceptors (Lipinski definition) is 5. The smallest absolute Gasteiger partial charge is 0.230 e. The topological polar surface area (TPSA) is 85.8 Å². The minimum absolute atomic E-state index is 0.00622. The van der Waals surface area contributed by atoms with Gasteiger partial charge in [0.05, 0.1) is 5.75 Å². The molecule has 0 spiro atoms. The van der Waals surface area contributed by atoms with Crippen molar-refractivity contribution >= 4 is 17.7 Å². The van der Waals surface area contributed by atoms with Gasteiger partial charge in [0.2, 0.25) is 11.1 Å². The molecular weight excluding hydrogens is 310 g/mol. The Morgan fingerprint density at radius 1 is 1.39 bits per heavy atom. The molecule has 0 saturated heterocycles. The van der Waals surface area contributed by atoms with Crippen LogP contribution in [0.3, 0.4) is 0 Å². The van der Waals surface area contributed by atoms with Crippen molar-refractivity contribution in [2.75, 3.05) is 18.1 Å². The number of nitrogens with one attached hydrogen (secondary N) is 1. The number of nitrogens with two attached hydrogens (primary N) is 1. The molecule has 23 heavy (non-hydrogen) atoms. The molecular formula is C16H27N5OS. The van der Waals surface area contributed by atoms with Crippen molar-refractivity contribution in [3.63, 3.8) is 0 Å². The zero-order valence-electron chi connectivity index (χ0n) is 14.3. The second-order valence-electron chi connectivity index (χ2n) is 6.92. The van der Waals surface area contributed by atoms with E-state index in [0.717, 1.165) is 6.42 Å². The highest BCUT2D eigenvalue weighted by molar-refractivity contribution is 7.99. The first-order valence-electron chi connectivity index (χ1n) is 8.16. The Morgan fingerprint density at radius 2 is 2.17 bits per heavy atom. The fourth-order valence-electron chi connectivity index (χ4n) is 2.56. The highest BCUT2D eigenvalue weighted by atomic mass is 32.2. The lowest BCUT2D eigenvalue weighted by Crippen LogP contribution is -2.27. The van der Waals surface area contributed by atoms with Crippen molar-refractivity contribution in [3.05, 3.63) is 17.5 Å². The average Bonchev–Trinajstić information content (AvgIpc) is 2.87. The van der Waals surface area contributed by atoms with Gasteiger partial charge in [-0.3, -0.25) is 4.79 Å². The quantitative estimate of drug-likeness (QED) is 0.473. The number of nitrogens with zero attached hydrogens (tertiary/aromatic N) is 3. The third-order valence-corrected chi connectivity index (χ3v) is 4.76. The van der Waals surface area contributed by atoms with Crippen molar-refractivity contribution in [2.45, 2.75) is 63.4 Å². The number of carbonyl (C=O) groups is 1. The largest absolute Gasteiger partial charge is 0.355 e. The molecule has 0 unspecified atom stereocenters. The second kappa shape index (κ2) is 7.86. The maximum Gasteiger partial charge on any atom is 0.230 e. The van der Waals surface area contributed by atoms with Crippen LogP contribution in [0, 0.1) is 0 Å². The number of carbonyl (C=O) groups excluding carboxylic acids is 1. The van der Waals surface area contributed by atoms with Gasteiger partial charge < -0.3 is 11.2 Å². The van der Waals surface area contributed by atoms with Crippen LogP contribution >= 0.6 is 11.8 Å². The predicted octanol–water partition coefficient (Wildman–Crippen LogP) is 2.39. The van der Waals surface area contributed by atoms with E-state index in [9.17, 15) is 4.79 Å². The first kappa shape index (κ1) is 17.8. The van der Waals surface area contributed by atoms with E-state index in [4.69, 9.17) is 5.84 Å². The third-order valence-electron chi connectivity index (χ3n) is 3.82. The number of rotatable bonds is 6. The van der Waals surface area contributed by atoms with E-state index in [-0.39, 0.29) is 11.3 Å². The minimum Gasteiger partial charge on any atom is -0.355 e. The molecule has 6 nitrogen and oxygen atoms in total. The molecule has 1 amide bonds. The molecule has 0 saturated carbocycles. The first-order valence-corrected chi connectivity index (χ1v) is 9.15. The highest BCUT2D eigenvalue weighted by Gasteiger charge is 2.23. The normalized spacial score (nSPS) is 15.3. The van der Waals surface area contributed by atoms with Gasteiger partial charge in [-0.05, 0) is 32.1 Å². The second-order valence-corrected chi connectivity index (χ2v) is 7.87. The van der Waals surface area contributed by atoms with Gasteiger partial charge in [0.15, 0.2) is 5.82 Å². The molecule has 1 aliphatic rings. The van der Waals surface area contributed by atoms with Gasteiger partial charge in [0.1, 0.15) is 0 Å². The Hall–Kier alpha value is -1.50. The summed E-state index contributed by atoms with van der Waals surface area (Å²) in [4.78, 5) is 11.9. The van der Waals surface area contributed by atoms with E-state index in [1.165, 1.54) is 47.7 Å². The molecule has 1 aromatic rings. The van der Waals surface area contributed by atoms with E-state index in [0.29, 0.717) is 23.3 Å². The summed E-state index contributed by atoms with van der Waals surface area (Å²) in [5.74, 6) is 7.03. The molecule has 1 heterocycles. The Labute approximate surface area is 142 Å². The van der Waals surface area contributed by atoms with Crippen LogP contribution in [-0.2, 0) is 10.2 Å². The summed E-state index contributed by atoms with van der Waals surface area (Å²) in [6.45, 7) is 6.79. The zero-order chi connectivity index (χ0) is 16.9. The summed E-state index contributed by atoms with van der Waals surface area (Å²) in [5, 5.41) is 11.7. The van der Waals surface area contributed by atoms with Gasteiger partial charge in [-0.1, -0.05) is 44.2 Å². The number of allylic oxidation sites excluding steroid dienone is 1. The van der Waals surface area contributed by atoms with Crippen LogP contribution in [0.2, 0.25) is 0 Å². The van der Waals surface area contributed by atoms with Crippen LogP contribution in [0.25, 0.3) is 0 Å². The monoisotopic (exact) mass is 337 g/mol. The van der Waals surface area contributed by atoms with Gasteiger partial charge in [0.25, 0.3) is 0 Å². The summed E-state index contributed by atoms with van der Waals surface area (Å²) in [7, 11) is 0. The highest BCUT2D eigenvalue weighted by Crippen LogP contribution is 2.23. The summed E-state index contributed by atoms with van der Waals surface area (Å²) in [5.41, 5.74) is 1.30. The van der Waals surface area contributed by atoms with Gasteiger partial charge >= 0.3 is 0 Å². The van der Waals surface area contributed by atoms with Gasteiger partial charge in [-0.2, -0.15) is 0 Å². The van der Waals surface area contributed by atoms with Crippen LogP contribution in [0.1, 0.15) is 58.7 Å². The molecule has 1 aliphatic carbocycles. The van der Waals surface area contributed by atoms with Crippen molar-refractivity contribution in [3.8, 4) is 0 Å². The number of amides is 1. The molecule has 0 radical (unpaired) electrons. The maximum atomic E-state index is 11.9. The van der Waals surface area contributed by atoms with Gasteiger partial charge in [-0.15, -0.1) is 10.2 Å². The van der Waals surface area contributed by atoms with Gasteiger partial charge in [-0.25, -0.2) is 4.68 Å². The number of thioether (sulfide) groups is 1. The number of nitrogen functional groups attached to an aromatic ring is 1. The van der Waals surface area contributed by atoms with E-state index in [2.05, 4.69) is 21.6 Å². The van der Waals surface area contributed by atoms with Crippen LogP contribution in [-0.4, -0.2) is 33.1 Å². The van der Waals surface area contributed by atoms with E-state index >= 15 is 0 Å². The van der Waals surface area contributed by atoms with Gasteiger partial charge in [0, 0.05) is 12.0 Å². The zero-order valence-corrected chi connectivity index (χ0v) is 15.1. The summed E-state index contributed by atoms with van der Waals surface area (Å²) < 4.78 is 1.48. The molecule has 2 rings (SSSR count). The van der Waals surface area contributed by atoms with Crippen molar-refractivity contribution in [1.82, 2.24) is 20.2 Å². The van der Waals surface area contributed by atoms with E-state index < -0.39 is 0 Å².